The van der Waals surface area contributed by atoms with Gasteiger partial charge in [0.05, 0.1) is 10.8 Å². The first-order valence-electron chi connectivity index (χ1n) is 28.7. The van der Waals surface area contributed by atoms with E-state index in [4.69, 9.17) is 0 Å². The number of benzene rings is 20. The smallest absolute Gasteiger partial charge is 0.0512 e. The average Bonchev–Trinajstić information content (AvgIpc) is 1.46. The van der Waals surface area contributed by atoms with E-state index in [0.29, 0.717) is 0 Å². The predicted octanol–water partition coefficient (Wildman–Crippen LogP) is 19.9. The van der Waals surface area contributed by atoms with Crippen LogP contribution in [0.2, 0.25) is 0 Å². The molecule has 0 aliphatic heterocycles. The van der Waals surface area contributed by atoms with Crippen LogP contribution in [0.1, 0.15) is 58.4 Å². The van der Waals surface area contributed by atoms with E-state index in [1.807, 2.05) is 0 Å². The molecule has 76 heavy (non-hydrogen) atoms. The standard InChI is InChI=1S/C76H14/c1-73-11-7-3-5-9-13(11)74(2,14-10-6-4-8-12(14)73)76-71-63-55-45-35-27-19-16-15-17-21-23(19)31-37-29(21)39-33-25(17)26-18(15)22-24-20(16)28(27)36-42-32(24)38-30(22)40-34(26)44-43(33)53-47(39)57-51(37)59(49(55)41(31)35)67(71)65(57)69-61(53)62-54(44)48(40)58-52(38)60-50(42)56(46(36)45)64(63)72(76)68(60)66(58)70(62)75(69,73)76/h3-10H,1-2H3. The fraction of sp³-hybridized carbons (Fsp3) is 0.0789. The van der Waals surface area contributed by atoms with Crippen LogP contribution in [0.25, 0.3) is 291 Å². The largest absolute Gasteiger partial charge is 0.0619 e. The lowest BCUT2D eigenvalue weighted by atomic mass is 9.25. The summed E-state index contributed by atoms with van der Waals surface area (Å²) >= 11 is 0. The van der Waals surface area contributed by atoms with Gasteiger partial charge in [0.2, 0.25) is 0 Å². The Morgan fingerprint density at radius 3 is 0.382 bits per heavy atom. The molecule has 0 aromatic heterocycles. The Bertz CT molecular complexity index is 7280. The van der Waals surface area contributed by atoms with Crippen molar-refractivity contribution in [2.45, 2.75) is 35.5 Å². The molecule has 7 aliphatic rings. The summed E-state index contributed by atoms with van der Waals surface area (Å²) in [5.41, 5.74) is 11.9. The van der Waals surface area contributed by atoms with Crippen LogP contribution in [0.15, 0.2) is 48.5 Å². The van der Waals surface area contributed by atoms with Crippen molar-refractivity contribution in [3.63, 3.8) is 0 Å². The highest BCUT2D eigenvalue weighted by atomic mass is 14.8. The maximum absolute atomic E-state index is 2.86. The molecule has 0 atom stereocenters. The van der Waals surface area contributed by atoms with Crippen LogP contribution < -0.4 is 0 Å². The summed E-state index contributed by atoms with van der Waals surface area (Å²) in [6, 6.07) is 20.4. The second kappa shape index (κ2) is 6.36. The zero-order valence-electron chi connectivity index (χ0n) is 39.6. The van der Waals surface area contributed by atoms with Gasteiger partial charge in [-0.3, -0.25) is 0 Å². The van der Waals surface area contributed by atoms with Crippen LogP contribution >= 0.6 is 0 Å². The zero-order chi connectivity index (χ0) is 45.5. The molecule has 0 heteroatoms. The molecule has 2 spiro atoms. The molecule has 0 unspecified atom stereocenters. The first kappa shape index (κ1) is 28.5. The van der Waals surface area contributed by atoms with Crippen LogP contribution in [0.5, 0.6) is 0 Å². The summed E-state index contributed by atoms with van der Waals surface area (Å²) in [7, 11) is 0. The van der Waals surface area contributed by atoms with Gasteiger partial charge in [-0.25, -0.2) is 0 Å². The molecule has 7 aliphatic carbocycles. The highest BCUT2D eigenvalue weighted by Crippen LogP contribution is 2.91. The molecule has 2 bridgehead atoms. The normalized spacial score (nSPS) is 25.7. The van der Waals surface area contributed by atoms with Gasteiger partial charge in [0.1, 0.15) is 0 Å². The third-order valence-corrected chi connectivity index (χ3v) is 28.8. The summed E-state index contributed by atoms with van der Waals surface area (Å²) in [5, 5.41) is 90.4. The van der Waals surface area contributed by atoms with Gasteiger partial charge in [-0.1, -0.05) is 62.4 Å². The summed E-state index contributed by atoms with van der Waals surface area (Å²) in [4.78, 5) is 0. The molecule has 0 fully saturated rings. The minimum Gasteiger partial charge on any atom is -0.0619 e. The van der Waals surface area contributed by atoms with Gasteiger partial charge in [0.15, 0.2) is 0 Å². The van der Waals surface area contributed by atoms with Crippen molar-refractivity contribution in [2.24, 2.45) is 0 Å². The lowest BCUT2D eigenvalue weighted by molar-refractivity contribution is 0.102. The summed E-state index contributed by atoms with van der Waals surface area (Å²) in [6.07, 6.45) is 0. The van der Waals surface area contributed by atoms with Crippen LogP contribution in [0.3, 0.4) is 0 Å². The monoisotopic (exact) mass is 926 g/mol. The molecular formula is C76H14. The van der Waals surface area contributed by atoms with Crippen LogP contribution in [-0.2, 0) is 21.7 Å². The maximum Gasteiger partial charge on any atom is 0.0512 e. The van der Waals surface area contributed by atoms with Crippen LogP contribution in [0.4, 0.5) is 0 Å². The van der Waals surface area contributed by atoms with Crippen molar-refractivity contribution >= 4 is 291 Å². The first-order valence-corrected chi connectivity index (χ1v) is 28.7. The summed E-state index contributed by atoms with van der Waals surface area (Å²) in [6.45, 7) is 5.72. The second-order valence-corrected chi connectivity index (χ2v) is 28.6. The highest BCUT2D eigenvalue weighted by Gasteiger charge is 2.84. The third kappa shape index (κ3) is 1.45. The first-order chi connectivity index (χ1) is 37.7. The van der Waals surface area contributed by atoms with Crippen molar-refractivity contribution in [1.82, 2.24) is 0 Å². The van der Waals surface area contributed by atoms with E-state index < -0.39 is 10.8 Å². The molecule has 0 N–H and O–H groups in total. The summed E-state index contributed by atoms with van der Waals surface area (Å²) < 4.78 is 0. The van der Waals surface area contributed by atoms with Gasteiger partial charge >= 0.3 is 0 Å². The number of rotatable bonds is 0. The Kier molecular flexibility index (Phi) is 2.39. The van der Waals surface area contributed by atoms with Crippen molar-refractivity contribution in [2.75, 3.05) is 0 Å². The second-order valence-electron chi connectivity index (χ2n) is 28.6. The lowest BCUT2D eigenvalue weighted by Crippen LogP contribution is -2.76. The molecule has 30 aromatic rings. The predicted molar refractivity (Wildman–Crippen MR) is 320 cm³/mol. The molecule has 0 amide bonds. The van der Waals surface area contributed by atoms with E-state index in [0.717, 1.165) is 0 Å². The number of hydrogen-bond acceptors (Lipinski definition) is 0. The van der Waals surface area contributed by atoms with Gasteiger partial charge in [0, 0.05) is 10.8 Å². The van der Waals surface area contributed by atoms with E-state index in [9.17, 15) is 0 Å². The third-order valence-electron chi connectivity index (χ3n) is 28.8. The fourth-order valence-electron chi connectivity index (χ4n) is 28.8. The molecular weight excluding hydrogens is 913 g/mol. The van der Waals surface area contributed by atoms with Crippen molar-refractivity contribution in [1.29, 1.82) is 0 Å². The maximum atomic E-state index is 2.86. The van der Waals surface area contributed by atoms with Crippen molar-refractivity contribution in [3.05, 3.63) is 93.0 Å². The Labute approximate surface area is 417 Å². The van der Waals surface area contributed by atoms with E-state index >= 15 is 0 Å². The number of hydrogen-bond donors (Lipinski definition) is 0. The quantitative estimate of drug-likeness (QED) is 0.133. The Hall–Kier alpha value is -9.10. The minimum atomic E-state index is -0.414. The van der Waals surface area contributed by atoms with Gasteiger partial charge in [0.25, 0.3) is 0 Å². The van der Waals surface area contributed by atoms with E-state index in [2.05, 4.69) is 62.4 Å². The Morgan fingerprint density at radius 2 is 0.263 bits per heavy atom. The highest BCUT2D eigenvalue weighted by molar-refractivity contribution is 6.82. The van der Waals surface area contributed by atoms with Crippen molar-refractivity contribution < 1.29 is 0 Å². The molecule has 0 radical (unpaired) electrons. The Balaban J connectivity index is 1.15. The van der Waals surface area contributed by atoms with Gasteiger partial charge in [-0.05, 0) is 335 Å². The van der Waals surface area contributed by atoms with Gasteiger partial charge < -0.3 is 0 Å². The van der Waals surface area contributed by atoms with Crippen LogP contribution in [0, 0.1) is 0 Å². The molecule has 318 valence electrons. The zero-order valence-corrected chi connectivity index (χ0v) is 39.6. The molecule has 0 heterocycles. The van der Waals surface area contributed by atoms with Gasteiger partial charge in [-0.2, -0.15) is 0 Å². The van der Waals surface area contributed by atoms with Gasteiger partial charge in [-0.15, -0.1) is 0 Å². The molecule has 30 aromatic carbocycles. The van der Waals surface area contributed by atoms with Crippen molar-refractivity contribution in [3.8, 4) is 0 Å². The minimum absolute atomic E-state index is 0.388. The average molecular weight is 927 g/mol. The topological polar surface area (TPSA) is 0 Å². The molecule has 0 saturated heterocycles. The molecule has 0 saturated carbocycles. The summed E-state index contributed by atoms with van der Waals surface area (Å²) in [5.74, 6) is 0. The van der Waals surface area contributed by atoms with Crippen LogP contribution in [-0.4, -0.2) is 0 Å². The fourth-order valence-corrected chi connectivity index (χ4v) is 28.8. The molecule has 37 rings (SSSR count). The van der Waals surface area contributed by atoms with E-state index in [-0.39, 0.29) is 10.8 Å². The van der Waals surface area contributed by atoms with E-state index in [1.54, 1.807) is 335 Å². The lowest BCUT2D eigenvalue weighted by Gasteiger charge is -2.75. The van der Waals surface area contributed by atoms with E-state index in [1.165, 1.54) is 0 Å². The molecule has 0 nitrogen and oxygen atoms in total. The SMILES string of the molecule is CC12c3ccccc3C(C)(c3ccccc31)C13c4c5c6c7c8c9c(c%10c%11c1c1c4c4c%12c5c5c6c6c8c8c%13c9c9c%10c%10c%11c%11c1c1c4c4c%12c%12c5c5c6c8c6c8c%13c9c9c%10c%10c%11c1c1c4c4c%12c5c6c5c8c9c%10c1c45)C723. The Morgan fingerprint density at radius 1 is 0.158 bits per heavy atom.